The second kappa shape index (κ2) is 7.34. The second-order valence-corrected chi connectivity index (χ2v) is 7.03. The van der Waals surface area contributed by atoms with Gasteiger partial charge in [0.25, 0.3) is 0 Å². The molecule has 2 unspecified atom stereocenters. The molecule has 1 aliphatic heterocycles. The van der Waals surface area contributed by atoms with Crippen molar-refractivity contribution in [2.75, 3.05) is 18.8 Å². The molecule has 1 saturated heterocycles. The van der Waals surface area contributed by atoms with Crippen molar-refractivity contribution in [2.45, 2.75) is 25.9 Å². The molecule has 1 aliphatic rings. The van der Waals surface area contributed by atoms with Crippen LogP contribution < -0.4 is 15.8 Å². The Kier molecular flexibility index (Phi) is 4.76. The minimum Gasteiger partial charge on any atom is -0.490 e. The number of anilines is 1. The molecule has 0 saturated carbocycles. The molecule has 0 aliphatic carbocycles. The van der Waals surface area contributed by atoms with Crippen LogP contribution in [0.3, 0.4) is 0 Å². The van der Waals surface area contributed by atoms with E-state index in [1.807, 2.05) is 18.2 Å². The van der Waals surface area contributed by atoms with Crippen LogP contribution >= 0.6 is 0 Å². The van der Waals surface area contributed by atoms with E-state index < -0.39 is 0 Å². The van der Waals surface area contributed by atoms with Crippen LogP contribution in [0.4, 0.5) is 5.82 Å². The molecular formula is C22H25N3O. The molecule has 4 heteroatoms. The van der Waals surface area contributed by atoms with Crippen LogP contribution in [-0.4, -0.2) is 24.2 Å². The lowest BCUT2D eigenvalue weighted by Crippen LogP contribution is -2.37. The SMILES string of the molecule is CC(Oc1ccc(-c2cccc(N)n2)c2ccccc12)C1CCCNC1. The van der Waals surface area contributed by atoms with Crippen molar-refractivity contribution in [3.8, 4) is 17.0 Å². The van der Waals surface area contributed by atoms with Crippen LogP contribution in [0.5, 0.6) is 5.75 Å². The van der Waals surface area contributed by atoms with Crippen LogP contribution in [0.15, 0.2) is 54.6 Å². The van der Waals surface area contributed by atoms with Gasteiger partial charge in [-0.3, -0.25) is 0 Å². The van der Waals surface area contributed by atoms with E-state index in [4.69, 9.17) is 10.5 Å². The number of aromatic nitrogens is 1. The first-order valence-electron chi connectivity index (χ1n) is 9.34. The van der Waals surface area contributed by atoms with E-state index in [0.29, 0.717) is 11.7 Å². The molecule has 3 aromatic rings. The number of hydrogen-bond acceptors (Lipinski definition) is 4. The van der Waals surface area contributed by atoms with Crippen LogP contribution in [0.1, 0.15) is 19.8 Å². The molecule has 134 valence electrons. The normalized spacial score (nSPS) is 18.6. The standard InChI is InChI=1S/C22H25N3O/c1-15(16-6-5-13-24-14-16)26-21-12-11-18(17-7-2-3-8-19(17)21)20-9-4-10-22(23)25-20/h2-4,7-12,15-16,24H,5-6,13-14H2,1H3,(H2,23,25). The number of benzene rings is 2. The molecule has 0 amide bonds. The average Bonchev–Trinajstić information content (AvgIpc) is 2.69. The average molecular weight is 347 g/mol. The highest BCUT2D eigenvalue weighted by molar-refractivity contribution is 5.99. The largest absolute Gasteiger partial charge is 0.490 e. The van der Waals surface area contributed by atoms with Crippen molar-refractivity contribution in [3.05, 3.63) is 54.6 Å². The Balaban J connectivity index is 1.70. The number of ether oxygens (including phenoxy) is 1. The van der Waals surface area contributed by atoms with Gasteiger partial charge in [-0.25, -0.2) is 4.98 Å². The maximum absolute atomic E-state index is 6.40. The third-order valence-electron chi connectivity index (χ3n) is 5.24. The molecule has 4 nitrogen and oxygen atoms in total. The fraction of sp³-hybridized carbons (Fsp3) is 0.318. The molecule has 1 fully saturated rings. The predicted octanol–water partition coefficient (Wildman–Crippen LogP) is 4.25. The molecule has 0 radical (unpaired) electrons. The second-order valence-electron chi connectivity index (χ2n) is 7.03. The third kappa shape index (κ3) is 3.37. The summed E-state index contributed by atoms with van der Waals surface area (Å²) in [7, 11) is 0. The fourth-order valence-corrected chi connectivity index (χ4v) is 3.77. The predicted molar refractivity (Wildman–Crippen MR) is 107 cm³/mol. The molecule has 2 aromatic carbocycles. The highest BCUT2D eigenvalue weighted by Crippen LogP contribution is 2.35. The highest BCUT2D eigenvalue weighted by atomic mass is 16.5. The Hall–Kier alpha value is -2.59. The Labute approximate surface area is 154 Å². The monoisotopic (exact) mass is 347 g/mol. The first kappa shape index (κ1) is 16.9. The first-order chi connectivity index (χ1) is 12.7. The lowest BCUT2D eigenvalue weighted by atomic mass is 9.94. The number of rotatable bonds is 4. The van der Waals surface area contributed by atoms with E-state index in [1.165, 1.54) is 12.8 Å². The zero-order chi connectivity index (χ0) is 17.9. The molecule has 4 rings (SSSR count). The zero-order valence-corrected chi connectivity index (χ0v) is 15.1. The van der Waals surface area contributed by atoms with Gasteiger partial charge in [0.1, 0.15) is 11.6 Å². The number of hydrogen-bond donors (Lipinski definition) is 2. The first-order valence-corrected chi connectivity index (χ1v) is 9.34. The van der Waals surface area contributed by atoms with E-state index in [9.17, 15) is 0 Å². The Bertz CT molecular complexity index is 903. The summed E-state index contributed by atoms with van der Waals surface area (Å²) in [4.78, 5) is 4.49. The number of nitrogens with two attached hydrogens (primary N) is 1. The van der Waals surface area contributed by atoms with Gasteiger partial charge in [-0.15, -0.1) is 0 Å². The topological polar surface area (TPSA) is 60.2 Å². The number of nitrogen functional groups attached to an aromatic ring is 1. The molecule has 2 heterocycles. The highest BCUT2D eigenvalue weighted by Gasteiger charge is 2.22. The fourth-order valence-electron chi connectivity index (χ4n) is 3.77. The van der Waals surface area contributed by atoms with E-state index in [0.717, 1.165) is 40.9 Å². The number of pyridine rings is 1. The summed E-state index contributed by atoms with van der Waals surface area (Å²) in [5.41, 5.74) is 7.84. The molecule has 3 N–H and O–H groups in total. The molecule has 0 spiro atoms. The number of nitrogens with zero attached hydrogens (tertiary/aromatic N) is 1. The summed E-state index contributed by atoms with van der Waals surface area (Å²) < 4.78 is 6.40. The van der Waals surface area contributed by atoms with Crippen LogP contribution in [0.2, 0.25) is 0 Å². The maximum Gasteiger partial charge on any atom is 0.127 e. The number of piperidine rings is 1. The summed E-state index contributed by atoms with van der Waals surface area (Å²) in [6.45, 7) is 4.33. The minimum atomic E-state index is 0.183. The molecule has 0 bridgehead atoms. The lowest BCUT2D eigenvalue weighted by Gasteiger charge is -2.29. The minimum absolute atomic E-state index is 0.183. The van der Waals surface area contributed by atoms with Gasteiger partial charge in [-0.05, 0) is 56.0 Å². The van der Waals surface area contributed by atoms with E-state index in [-0.39, 0.29) is 6.10 Å². The molecule has 26 heavy (non-hydrogen) atoms. The van der Waals surface area contributed by atoms with Gasteiger partial charge in [0.15, 0.2) is 0 Å². The summed E-state index contributed by atoms with van der Waals surface area (Å²) in [5, 5.41) is 5.73. The Morgan fingerprint density at radius 1 is 1.08 bits per heavy atom. The Morgan fingerprint density at radius 2 is 1.92 bits per heavy atom. The van der Waals surface area contributed by atoms with Crippen molar-refractivity contribution >= 4 is 16.6 Å². The quantitative estimate of drug-likeness (QED) is 0.741. The van der Waals surface area contributed by atoms with Crippen LogP contribution in [0, 0.1) is 5.92 Å². The smallest absolute Gasteiger partial charge is 0.127 e. The number of fused-ring (bicyclic) bond motifs is 1. The molecular weight excluding hydrogens is 322 g/mol. The zero-order valence-electron chi connectivity index (χ0n) is 15.1. The summed E-state index contributed by atoms with van der Waals surface area (Å²) in [6, 6.07) is 18.2. The van der Waals surface area contributed by atoms with E-state index >= 15 is 0 Å². The van der Waals surface area contributed by atoms with Gasteiger partial charge in [0, 0.05) is 23.4 Å². The van der Waals surface area contributed by atoms with Gasteiger partial charge in [-0.2, -0.15) is 0 Å². The van der Waals surface area contributed by atoms with Gasteiger partial charge in [-0.1, -0.05) is 30.3 Å². The summed E-state index contributed by atoms with van der Waals surface area (Å²) in [6.07, 6.45) is 2.62. The van der Waals surface area contributed by atoms with Gasteiger partial charge >= 0.3 is 0 Å². The van der Waals surface area contributed by atoms with E-state index in [1.54, 1.807) is 0 Å². The maximum atomic E-state index is 6.40. The summed E-state index contributed by atoms with van der Waals surface area (Å²) in [5.74, 6) is 2.02. The van der Waals surface area contributed by atoms with Crippen molar-refractivity contribution in [1.29, 1.82) is 0 Å². The number of nitrogens with one attached hydrogen (secondary N) is 1. The Morgan fingerprint density at radius 3 is 2.69 bits per heavy atom. The van der Waals surface area contributed by atoms with Crippen molar-refractivity contribution in [2.24, 2.45) is 5.92 Å². The molecule has 2 atom stereocenters. The van der Waals surface area contributed by atoms with Crippen LogP contribution in [-0.2, 0) is 0 Å². The van der Waals surface area contributed by atoms with Gasteiger partial charge < -0.3 is 15.8 Å². The van der Waals surface area contributed by atoms with Gasteiger partial charge in [0.05, 0.1) is 11.8 Å². The molecule has 1 aromatic heterocycles. The van der Waals surface area contributed by atoms with Crippen molar-refractivity contribution in [3.63, 3.8) is 0 Å². The van der Waals surface area contributed by atoms with E-state index in [2.05, 4.69) is 53.6 Å². The third-order valence-corrected chi connectivity index (χ3v) is 5.24. The van der Waals surface area contributed by atoms with Crippen molar-refractivity contribution in [1.82, 2.24) is 10.3 Å². The lowest BCUT2D eigenvalue weighted by molar-refractivity contribution is 0.133. The van der Waals surface area contributed by atoms with Crippen molar-refractivity contribution < 1.29 is 4.74 Å². The van der Waals surface area contributed by atoms with Crippen LogP contribution in [0.25, 0.3) is 22.0 Å². The van der Waals surface area contributed by atoms with Gasteiger partial charge in [0.2, 0.25) is 0 Å². The summed E-state index contributed by atoms with van der Waals surface area (Å²) >= 11 is 0.